The molecule has 2 aromatic rings. The first kappa shape index (κ1) is 16.8. The van der Waals surface area contributed by atoms with Gasteiger partial charge in [-0.25, -0.2) is 4.98 Å². The van der Waals surface area contributed by atoms with Gasteiger partial charge in [0.15, 0.2) is 5.16 Å². The predicted octanol–water partition coefficient (Wildman–Crippen LogP) is 2.35. The first-order chi connectivity index (χ1) is 11.1. The van der Waals surface area contributed by atoms with Crippen molar-refractivity contribution in [3.8, 4) is 17.3 Å². The highest BCUT2D eigenvalue weighted by Gasteiger charge is 2.19. The van der Waals surface area contributed by atoms with Crippen molar-refractivity contribution in [2.24, 2.45) is 0 Å². The molecule has 0 bridgehead atoms. The second-order valence-electron chi connectivity index (χ2n) is 4.58. The van der Waals surface area contributed by atoms with E-state index < -0.39 is 10.8 Å². The Labute approximate surface area is 137 Å². The molecule has 0 aliphatic rings. The Hall–Kier alpha value is -2.59. The number of nitriles is 1. The molecule has 0 fully saturated rings. The van der Waals surface area contributed by atoms with E-state index in [9.17, 15) is 14.9 Å². The van der Waals surface area contributed by atoms with Crippen LogP contribution >= 0.6 is 11.8 Å². The maximum Gasteiger partial charge on any atom is 0.319 e. The molecule has 2 rings (SSSR count). The molecule has 1 aromatic carbocycles. The maximum absolute atomic E-state index is 12.1. The molecule has 0 saturated carbocycles. The Balaban J connectivity index is 2.41. The summed E-state index contributed by atoms with van der Waals surface area (Å²) in [5.41, 5.74) is 0.389. The van der Waals surface area contributed by atoms with E-state index in [4.69, 9.17) is 4.74 Å². The van der Waals surface area contributed by atoms with E-state index in [2.05, 4.69) is 9.97 Å². The van der Waals surface area contributed by atoms with Gasteiger partial charge in [-0.3, -0.25) is 9.59 Å². The highest BCUT2D eigenvalue weighted by molar-refractivity contribution is 8.00. The van der Waals surface area contributed by atoms with Crippen LogP contribution in [0.5, 0.6) is 0 Å². The summed E-state index contributed by atoms with van der Waals surface area (Å²) in [6.45, 7) is 3.68. The SMILES string of the molecule is CCOC(=O)[C@@H](C)Sc1nc(-c2ccccc2)c(C#N)c(=O)[nH]1. The fraction of sp³-hybridized carbons (Fsp3) is 0.250. The lowest BCUT2D eigenvalue weighted by Gasteiger charge is -2.10. The fourth-order valence-corrected chi connectivity index (χ4v) is 2.69. The number of aromatic amines is 1. The Morgan fingerprint density at radius 3 is 2.74 bits per heavy atom. The number of benzene rings is 1. The average molecular weight is 329 g/mol. The number of nitrogens with one attached hydrogen (secondary N) is 1. The number of rotatable bonds is 5. The summed E-state index contributed by atoms with van der Waals surface area (Å²) in [5, 5.41) is 8.95. The number of carbonyl (C=O) groups excluding carboxylic acids is 1. The molecular weight excluding hydrogens is 314 g/mol. The van der Waals surface area contributed by atoms with E-state index in [1.54, 1.807) is 38.1 Å². The van der Waals surface area contributed by atoms with Crippen molar-refractivity contribution in [3.63, 3.8) is 0 Å². The number of esters is 1. The van der Waals surface area contributed by atoms with Crippen molar-refractivity contribution in [1.82, 2.24) is 9.97 Å². The number of carbonyl (C=O) groups is 1. The molecule has 0 unspecified atom stereocenters. The van der Waals surface area contributed by atoms with Gasteiger partial charge >= 0.3 is 5.97 Å². The van der Waals surface area contributed by atoms with Crippen molar-refractivity contribution in [2.45, 2.75) is 24.3 Å². The van der Waals surface area contributed by atoms with Crippen LogP contribution in [0.3, 0.4) is 0 Å². The normalized spacial score (nSPS) is 11.5. The van der Waals surface area contributed by atoms with Gasteiger partial charge in [0.2, 0.25) is 0 Å². The van der Waals surface area contributed by atoms with Gasteiger partial charge in [-0.15, -0.1) is 0 Å². The Bertz CT molecular complexity index is 796. The van der Waals surface area contributed by atoms with Crippen LogP contribution in [-0.2, 0) is 9.53 Å². The van der Waals surface area contributed by atoms with Crippen molar-refractivity contribution < 1.29 is 9.53 Å². The molecule has 23 heavy (non-hydrogen) atoms. The van der Waals surface area contributed by atoms with Crippen molar-refractivity contribution in [3.05, 3.63) is 46.2 Å². The number of hydrogen-bond acceptors (Lipinski definition) is 6. The quantitative estimate of drug-likeness (QED) is 0.514. The zero-order valence-electron chi connectivity index (χ0n) is 12.7. The summed E-state index contributed by atoms with van der Waals surface area (Å²) in [6.07, 6.45) is 0. The second-order valence-corrected chi connectivity index (χ2v) is 5.91. The van der Waals surface area contributed by atoms with Gasteiger partial charge in [0.1, 0.15) is 16.9 Å². The molecule has 0 saturated heterocycles. The largest absolute Gasteiger partial charge is 0.465 e. The van der Waals surface area contributed by atoms with Crippen LogP contribution in [0.25, 0.3) is 11.3 Å². The zero-order chi connectivity index (χ0) is 16.8. The highest BCUT2D eigenvalue weighted by Crippen LogP contribution is 2.24. The van der Waals surface area contributed by atoms with Gasteiger partial charge in [-0.05, 0) is 13.8 Å². The van der Waals surface area contributed by atoms with Crippen LogP contribution in [-0.4, -0.2) is 27.8 Å². The average Bonchev–Trinajstić information content (AvgIpc) is 2.55. The maximum atomic E-state index is 12.1. The zero-order valence-corrected chi connectivity index (χ0v) is 13.5. The van der Waals surface area contributed by atoms with Crippen molar-refractivity contribution in [2.75, 3.05) is 6.61 Å². The van der Waals surface area contributed by atoms with Crippen molar-refractivity contribution in [1.29, 1.82) is 5.26 Å². The Morgan fingerprint density at radius 2 is 2.13 bits per heavy atom. The molecule has 0 radical (unpaired) electrons. The van der Waals surface area contributed by atoms with Crippen LogP contribution in [0, 0.1) is 11.3 Å². The molecule has 1 N–H and O–H groups in total. The summed E-state index contributed by atoms with van der Waals surface area (Å²) < 4.78 is 4.93. The Morgan fingerprint density at radius 1 is 1.43 bits per heavy atom. The molecule has 118 valence electrons. The molecule has 0 aliphatic carbocycles. The Kier molecular flexibility index (Phi) is 5.55. The van der Waals surface area contributed by atoms with E-state index in [0.29, 0.717) is 11.3 Å². The third kappa shape index (κ3) is 3.99. The molecule has 1 heterocycles. The van der Waals surface area contributed by atoms with Crippen LogP contribution in [0.15, 0.2) is 40.3 Å². The van der Waals surface area contributed by atoms with Gasteiger partial charge in [0.05, 0.1) is 12.3 Å². The minimum Gasteiger partial charge on any atom is -0.465 e. The van der Waals surface area contributed by atoms with E-state index in [1.165, 1.54) is 0 Å². The lowest BCUT2D eigenvalue weighted by Crippen LogP contribution is -2.19. The summed E-state index contributed by atoms with van der Waals surface area (Å²) in [4.78, 5) is 30.7. The van der Waals surface area contributed by atoms with E-state index in [1.807, 2.05) is 12.1 Å². The first-order valence-electron chi connectivity index (χ1n) is 7.00. The predicted molar refractivity (Wildman–Crippen MR) is 87.0 cm³/mol. The topological polar surface area (TPSA) is 95.8 Å². The van der Waals surface area contributed by atoms with Gasteiger partial charge in [-0.2, -0.15) is 5.26 Å². The molecule has 0 aliphatic heterocycles. The van der Waals surface area contributed by atoms with Crippen LogP contribution in [0.1, 0.15) is 19.4 Å². The smallest absolute Gasteiger partial charge is 0.319 e. The number of aromatic nitrogens is 2. The van der Waals surface area contributed by atoms with Gasteiger partial charge in [0, 0.05) is 5.56 Å². The van der Waals surface area contributed by atoms with E-state index >= 15 is 0 Å². The van der Waals surface area contributed by atoms with E-state index in [0.717, 1.165) is 11.8 Å². The van der Waals surface area contributed by atoms with Crippen LogP contribution in [0.2, 0.25) is 0 Å². The lowest BCUT2D eigenvalue weighted by atomic mass is 10.1. The summed E-state index contributed by atoms with van der Waals surface area (Å²) >= 11 is 1.08. The number of hydrogen-bond donors (Lipinski definition) is 1. The second kappa shape index (κ2) is 7.61. The molecule has 1 atom stereocenters. The molecule has 1 aromatic heterocycles. The highest BCUT2D eigenvalue weighted by atomic mass is 32.2. The monoisotopic (exact) mass is 329 g/mol. The summed E-state index contributed by atoms with van der Waals surface area (Å²) in [5.74, 6) is -0.384. The van der Waals surface area contributed by atoms with Gasteiger partial charge < -0.3 is 9.72 Å². The molecule has 7 heteroatoms. The molecular formula is C16H15N3O3S. The minimum atomic E-state index is -0.528. The van der Waals surface area contributed by atoms with Gasteiger partial charge in [0.25, 0.3) is 5.56 Å². The standard InChI is InChI=1S/C16H15N3O3S/c1-3-22-15(21)10(2)23-16-18-13(11-7-5-4-6-8-11)12(9-17)14(20)19-16/h4-8,10H,3H2,1-2H3,(H,18,19,20)/t10-/m1/s1. The summed E-state index contributed by atoms with van der Waals surface area (Å²) in [7, 11) is 0. The number of ether oxygens (including phenoxy) is 1. The minimum absolute atomic E-state index is 0.0515. The number of thioether (sulfide) groups is 1. The summed E-state index contributed by atoms with van der Waals surface area (Å²) in [6, 6.07) is 10.9. The lowest BCUT2D eigenvalue weighted by molar-refractivity contribution is -0.142. The van der Waals surface area contributed by atoms with Crippen molar-refractivity contribution >= 4 is 17.7 Å². The van der Waals surface area contributed by atoms with E-state index in [-0.39, 0.29) is 23.3 Å². The first-order valence-corrected chi connectivity index (χ1v) is 7.88. The number of H-pyrrole nitrogens is 1. The molecule has 0 amide bonds. The number of nitrogens with zero attached hydrogens (tertiary/aromatic N) is 2. The van der Waals surface area contributed by atoms with Gasteiger partial charge in [-0.1, -0.05) is 42.1 Å². The molecule has 6 nitrogen and oxygen atoms in total. The third-order valence-electron chi connectivity index (χ3n) is 2.96. The fourth-order valence-electron chi connectivity index (χ4n) is 1.89. The van der Waals surface area contributed by atoms with Crippen LogP contribution < -0.4 is 5.56 Å². The third-order valence-corrected chi connectivity index (χ3v) is 3.93. The van der Waals surface area contributed by atoms with Crippen LogP contribution in [0.4, 0.5) is 0 Å². The molecule has 0 spiro atoms.